The van der Waals surface area contributed by atoms with Gasteiger partial charge in [0.05, 0.1) is 6.61 Å². The largest absolute Gasteiger partial charge is 0.560 e. The Morgan fingerprint density at radius 1 is 1.37 bits per heavy atom. The van der Waals surface area contributed by atoms with Crippen molar-refractivity contribution in [2.45, 2.75) is 31.8 Å². The van der Waals surface area contributed by atoms with Crippen molar-refractivity contribution in [3.63, 3.8) is 0 Å². The summed E-state index contributed by atoms with van der Waals surface area (Å²) in [6.45, 7) is 0.871. The summed E-state index contributed by atoms with van der Waals surface area (Å²) in [5.41, 5.74) is -1.10. The van der Waals surface area contributed by atoms with Gasteiger partial charge in [0.15, 0.2) is 0 Å². The van der Waals surface area contributed by atoms with Crippen molar-refractivity contribution in [3.8, 4) is 5.75 Å². The van der Waals surface area contributed by atoms with Crippen LogP contribution in [0.15, 0.2) is 46.1 Å². The van der Waals surface area contributed by atoms with Gasteiger partial charge in [0, 0.05) is 18.2 Å². The van der Waals surface area contributed by atoms with Crippen molar-refractivity contribution in [2.75, 3.05) is 6.61 Å². The first-order chi connectivity index (χ1) is 14.2. The number of hydrogen-bond acceptors (Lipinski definition) is 10. The normalized spacial score (nSPS) is 22.9. The molecule has 0 aliphatic carbocycles. The van der Waals surface area contributed by atoms with Crippen LogP contribution >= 0.6 is 7.82 Å². The second-order valence-corrected chi connectivity index (χ2v) is 7.78. The first-order valence-electron chi connectivity index (χ1n) is 8.66. The average Bonchev–Trinajstić information content (AvgIpc) is 3.06. The van der Waals surface area contributed by atoms with Crippen LogP contribution in [-0.4, -0.2) is 38.6 Å². The summed E-state index contributed by atoms with van der Waals surface area (Å²) in [4.78, 5) is 36.6. The van der Waals surface area contributed by atoms with E-state index in [-0.39, 0.29) is 17.7 Å². The van der Waals surface area contributed by atoms with Crippen LogP contribution in [0.1, 0.15) is 18.2 Å². The maximum Gasteiger partial charge on any atom is 0.560 e. The fourth-order valence-corrected chi connectivity index (χ4v) is 4.07. The summed E-state index contributed by atoms with van der Waals surface area (Å²) in [5, 5.41) is 19.1. The summed E-state index contributed by atoms with van der Waals surface area (Å²) < 4.78 is 34.0. The number of rotatable bonds is 8. The molecular weight excluding hydrogens is 425 g/mol. The van der Waals surface area contributed by atoms with Crippen LogP contribution in [0.3, 0.4) is 0 Å². The zero-order valence-electron chi connectivity index (χ0n) is 15.6. The maximum atomic E-state index is 12.9. The highest BCUT2D eigenvalue weighted by Gasteiger charge is 2.44. The number of para-hydroxylation sites is 1. The molecule has 1 aromatic carbocycles. The molecule has 2 N–H and O–H groups in total. The third-order valence-electron chi connectivity index (χ3n) is 4.21. The van der Waals surface area contributed by atoms with Gasteiger partial charge < -0.3 is 14.4 Å². The standard InChI is InChI=1S/C16H18N3O10P/c1-10-8-18(16(22)17-15(10)21)14-7-12(13(9-20)26-14)28-30(25,29-19(23)24)27-11-5-3-2-4-6-11/h2-6,8,12-14,20H,7,9H2,1H3,(H,17,21,22)/t12-,13+,14+,30?/m0/s1. The Morgan fingerprint density at radius 2 is 2.07 bits per heavy atom. The molecule has 13 nitrogen and oxygen atoms in total. The smallest absolute Gasteiger partial charge is 0.406 e. The Bertz CT molecular complexity index is 1070. The number of hydrogen-bond donors (Lipinski definition) is 2. The molecule has 3 rings (SSSR count). The molecule has 4 atom stereocenters. The van der Waals surface area contributed by atoms with Crippen molar-refractivity contribution in [1.82, 2.24) is 9.55 Å². The number of nitrogens with one attached hydrogen (secondary N) is 1. The monoisotopic (exact) mass is 443 g/mol. The topological polar surface area (TPSA) is 172 Å². The lowest BCUT2D eigenvalue weighted by molar-refractivity contribution is -0.718. The molecule has 0 saturated carbocycles. The SMILES string of the molecule is Cc1cn([C@H]2C[C@H](OP(=O)(Oc3ccccc3)O[N+](=O)[O-])[C@@H](CO)O2)c(=O)[nH]c1=O. The van der Waals surface area contributed by atoms with Crippen molar-refractivity contribution in [2.24, 2.45) is 0 Å². The first kappa shape index (κ1) is 21.7. The first-order valence-corrected chi connectivity index (χ1v) is 10.1. The van der Waals surface area contributed by atoms with Gasteiger partial charge in [-0.25, -0.2) is 9.36 Å². The van der Waals surface area contributed by atoms with E-state index < -0.39 is 49.2 Å². The highest BCUT2D eigenvalue weighted by molar-refractivity contribution is 7.48. The third kappa shape index (κ3) is 4.94. The van der Waals surface area contributed by atoms with Crippen LogP contribution in [0.4, 0.5) is 0 Å². The quantitative estimate of drug-likeness (QED) is 0.339. The van der Waals surface area contributed by atoms with Crippen molar-refractivity contribution < 1.29 is 33.2 Å². The second-order valence-electron chi connectivity index (χ2n) is 6.33. The van der Waals surface area contributed by atoms with Crippen molar-refractivity contribution in [1.29, 1.82) is 0 Å². The summed E-state index contributed by atoms with van der Waals surface area (Å²) >= 11 is 0. The van der Waals surface area contributed by atoms with E-state index in [1.807, 2.05) is 0 Å². The third-order valence-corrected chi connectivity index (χ3v) is 5.50. The number of aromatic nitrogens is 2. The van der Waals surface area contributed by atoms with E-state index in [1.165, 1.54) is 25.3 Å². The predicted molar refractivity (Wildman–Crippen MR) is 99.3 cm³/mol. The van der Waals surface area contributed by atoms with E-state index >= 15 is 0 Å². The van der Waals surface area contributed by atoms with E-state index in [9.17, 15) is 29.4 Å². The molecule has 1 aliphatic rings. The van der Waals surface area contributed by atoms with Crippen LogP contribution in [0, 0.1) is 17.0 Å². The number of aliphatic hydroxyl groups is 1. The fourth-order valence-electron chi connectivity index (χ4n) is 2.86. The molecule has 1 aromatic heterocycles. The summed E-state index contributed by atoms with van der Waals surface area (Å²) in [6.07, 6.45) is -2.17. The molecule has 1 unspecified atom stereocenters. The molecule has 0 spiro atoms. The maximum absolute atomic E-state index is 12.9. The molecule has 0 bridgehead atoms. The Labute approximate surface area is 168 Å². The zero-order chi connectivity index (χ0) is 21.9. The number of benzene rings is 1. The number of H-pyrrole nitrogens is 1. The lowest BCUT2D eigenvalue weighted by atomic mass is 10.2. The van der Waals surface area contributed by atoms with Gasteiger partial charge in [0.1, 0.15) is 24.2 Å². The van der Waals surface area contributed by atoms with Crippen LogP contribution in [-0.2, 0) is 18.5 Å². The van der Waals surface area contributed by atoms with Gasteiger partial charge in [0.2, 0.25) is 0 Å². The molecule has 0 radical (unpaired) electrons. The number of phosphoric acid groups is 1. The van der Waals surface area contributed by atoms with Gasteiger partial charge in [-0.05, 0) is 19.1 Å². The van der Waals surface area contributed by atoms with Gasteiger partial charge in [-0.1, -0.05) is 18.2 Å². The molecule has 30 heavy (non-hydrogen) atoms. The number of aryl methyl sites for hydroxylation is 1. The van der Waals surface area contributed by atoms with Gasteiger partial charge in [-0.15, -0.1) is 10.1 Å². The minimum absolute atomic E-state index is 0.00817. The lowest BCUT2D eigenvalue weighted by Gasteiger charge is -2.22. The molecule has 1 saturated heterocycles. The number of nitrogens with zero attached hydrogens (tertiary/aromatic N) is 2. The average molecular weight is 443 g/mol. The number of phosphoric ester groups is 1. The van der Waals surface area contributed by atoms with Gasteiger partial charge in [0.25, 0.3) is 5.56 Å². The van der Waals surface area contributed by atoms with Gasteiger partial charge >= 0.3 is 18.6 Å². The van der Waals surface area contributed by atoms with Crippen molar-refractivity contribution >= 4 is 7.82 Å². The van der Waals surface area contributed by atoms with Crippen LogP contribution in [0.5, 0.6) is 5.75 Å². The Hall–Kier alpha value is -2.99. The molecule has 0 amide bonds. The molecule has 1 fully saturated rings. The van der Waals surface area contributed by atoms with Gasteiger partial charge in [-0.2, -0.15) is 4.62 Å². The van der Waals surface area contributed by atoms with Crippen LogP contribution < -0.4 is 15.8 Å². The summed E-state index contributed by atoms with van der Waals surface area (Å²) in [5.74, 6) is -0.00817. The van der Waals surface area contributed by atoms with Crippen LogP contribution in [0.2, 0.25) is 0 Å². The Balaban J connectivity index is 1.84. The zero-order valence-corrected chi connectivity index (χ0v) is 16.5. The van der Waals surface area contributed by atoms with E-state index in [1.54, 1.807) is 18.2 Å². The van der Waals surface area contributed by atoms with E-state index in [2.05, 4.69) is 9.61 Å². The number of aliphatic hydroxyl groups excluding tert-OH is 1. The Morgan fingerprint density at radius 3 is 2.70 bits per heavy atom. The van der Waals surface area contributed by atoms with E-state index in [0.717, 1.165) is 4.57 Å². The highest BCUT2D eigenvalue weighted by atomic mass is 31.2. The molecular formula is C16H18N3O10P. The molecule has 2 heterocycles. The molecule has 1 aliphatic heterocycles. The summed E-state index contributed by atoms with van der Waals surface area (Å²) in [7, 11) is -4.78. The highest BCUT2D eigenvalue weighted by Crippen LogP contribution is 2.52. The lowest BCUT2D eigenvalue weighted by Crippen LogP contribution is -2.33. The molecule has 162 valence electrons. The summed E-state index contributed by atoms with van der Waals surface area (Å²) in [6, 6.07) is 7.51. The van der Waals surface area contributed by atoms with Gasteiger partial charge in [-0.3, -0.25) is 18.9 Å². The number of aromatic amines is 1. The minimum atomic E-state index is -4.78. The Kier molecular flexibility index (Phi) is 6.37. The molecule has 14 heteroatoms. The van der Waals surface area contributed by atoms with Crippen LogP contribution in [0.25, 0.3) is 0 Å². The minimum Gasteiger partial charge on any atom is -0.406 e. The van der Waals surface area contributed by atoms with E-state index in [0.29, 0.717) is 0 Å². The predicted octanol–water partition coefficient (Wildman–Crippen LogP) is 0.905. The second kappa shape index (κ2) is 8.79. The number of ether oxygens (including phenoxy) is 1. The molecule has 2 aromatic rings. The fraction of sp³-hybridized carbons (Fsp3) is 0.375. The van der Waals surface area contributed by atoms with Crippen molar-refractivity contribution in [3.05, 3.63) is 73.0 Å². The van der Waals surface area contributed by atoms with E-state index in [4.69, 9.17) is 13.8 Å².